The fraction of sp³-hybridized carbons (Fsp3) is 0.552. The molecule has 0 N–H and O–H groups in total. The second kappa shape index (κ2) is 13.5. The van der Waals surface area contributed by atoms with Crippen molar-refractivity contribution in [3.8, 4) is 5.75 Å². The first-order valence-corrected chi connectivity index (χ1v) is 13.2. The average molecular weight is 464 g/mol. The number of hydrogen-bond donors (Lipinski definition) is 0. The number of benzene rings is 2. The number of ether oxygens (including phenoxy) is 1. The second-order valence-corrected chi connectivity index (χ2v) is 9.64. The van der Waals surface area contributed by atoms with E-state index in [-0.39, 0.29) is 6.04 Å². The minimum atomic E-state index is 0.215. The van der Waals surface area contributed by atoms with E-state index in [0.717, 1.165) is 55.3 Å². The molecule has 1 atom stereocenters. The van der Waals surface area contributed by atoms with Gasteiger partial charge in [0.1, 0.15) is 18.1 Å². The Morgan fingerprint density at radius 3 is 2.24 bits per heavy atom. The monoisotopic (exact) mass is 463 g/mol. The molecule has 5 nitrogen and oxygen atoms in total. The Bertz CT molecular complexity index is 857. The lowest BCUT2D eigenvalue weighted by Crippen LogP contribution is -2.42. The van der Waals surface area contributed by atoms with Crippen molar-refractivity contribution in [1.82, 2.24) is 9.80 Å². The van der Waals surface area contributed by atoms with Crippen LogP contribution in [-0.2, 0) is 11.4 Å². The molecule has 34 heavy (non-hydrogen) atoms. The van der Waals surface area contributed by atoms with E-state index in [0.29, 0.717) is 6.61 Å². The molecule has 0 bridgehead atoms. The number of oxime groups is 1. The molecule has 0 aliphatic carbocycles. The van der Waals surface area contributed by atoms with Crippen LogP contribution in [0.5, 0.6) is 5.75 Å². The zero-order valence-electron chi connectivity index (χ0n) is 20.8. The van der Waals surface area contributed by atoms with Crippen LogP contribution in [0.1, 0.15) is 63.0 Å². The lowest BCUT2D eigenvalue weighted by Gasteiger charge is -2.32. The largest absolute Gasteiger partial charge is 0.494 e. The first-order valence-electron chi connectivity index (χ1n) is 13.2. The lowest BCUT2D eigenvalue weighted by molar-refractivity contribution is 0.126. The first kappa shape index (κ1) is 24.7. The van der Waals surface area contributed by atoms with E-state index in [2.05, 4.69) is 58.3 Å². The molecule has 1 unspecified atom stereocenters. The van der Waals surface area contributed by atoms with Gasteiger partial charge in [-0.25, -0.2) is 0 Å². The highest BCUT2D eigenvalue weighted by atomic mass is 16.6. The standard InChI is InChI=1S/C29H41N3O2/c1-25(32-21-9-4-10-22-32)29(30-34-24-26-12-5-2-6-13-26)27-14-16-28(17-15-27)33-23-11-20-31-18-7-3-8-19-31/h2,5-6,12-17,25H,3-4,7-11,18-24H2,1H3. The van der Waals surface area contributed by atoms with Gasteiger partial charge in [0.05, 0.1) is 12.6 Å². The van der Waals surface area contributed by atoms with Gasteiger partial charge in [0, 0.05) is 12.1 Å². The summed E-state index contributed by atoms with van der Waals surface area (Å²) in [6.45, 7) is 9.38. The van der Waals surface area contributed by atoms with Gasteiger partial charge in [0.25, 0.3) is 0 Å². The van der Waals surface area contributed by atoms with Crippen LogP contribution < -0.4 is 4.74 Å². The van der Waals surface area contributed by atoms with E-state index < -0.39 is 0 Å². The molecule has 2 heterocycles. The van der Waals surface area contributed by atoms with Crippen LogP contribution >= 0.6 is 0 Å². The van der Waals surface area contributed by atoms with Crippen molar-refractivity contribution in [2.75, 3.05) is 39.3 Å². The number of hydrogen-bond acceptors (Lipinski definition) is 5. The molecule has 2 aromatic rings. The Morgan fingerprint density at radius 2 is 1.53 bits per heavy atom. The maximum absolute atomic E-state index is 6.04. The molecular weight excluding hydrogens is 422 g/mol. The van der Waals surface area contributed by atoms with Gasteiger partial charge in [0.2, 0.25) is 0 Å². The highest BCUT2D eigenvalue weighted by Gasteiger charge is 2.23. The summed E-state index contributed by atoms with van der Waals surface area (Å²) in [5.74, 6) is 0.928. The van der Waals surface area contributed by atoms with Crippen molar-refractivity contribution in [2.24, 2.45) is 5.16 Å². The average Bonchev–Trinajstić information content (AvgIpc) is 2.91. The summed E-state index contributed by atoms with van der Waals surface area (Å²) in [5, 5.41) is 4.65. The Hall–Kier alpha value is -2.37. The third-order valence-corrected chi connectivity index (χ3v) is 7.06. The van der Waals surface area contributed by atoms with Crippen LogP contribution in [0.2, 0.25) is 0 Å². The van der Waals surface area contributed by atoms with Gasteiger partial charge < -0.3 is 14.5 Å². The lowest BCUT2D eigenvalue weighted by atomic mass is 10.0. The maximum Gasteiger partial charge on any atom is 0.142 e. The van der Waals surface area contributed by atoms with Crippen LogP contribution in [0.4, 0.5) is 0 Å². The molecular formula is C29H41N3O2. The smallest absolute Gasteiger partial charge is 0.142 e. The van der Waals surface area contributed by atoms with Gasteiger partial charge in [-0.1, -0.05) is 48.3 Å². The van der Waals surface area contributed by atoms with Gasteiger partial charge in [-0.3, -0.25) is 4.90 Å². The predicted octanol–water partition coefficient (Wildman–Crippen LogP) is 5.74. The number of rotatable bonds is 11. The van der Waals surface area contributed by atoms with E-state index in [1.807, 2.05) is 18.2 Å². The van der Waals surface area contributed by atoms with Gasteiger partial charge in [-0.15, -0.1) is 0 Å². The van der Waals surface area contributed by atoms with E-state index in [9.17, 15) is 0 Å². The fourth-order valence-electron chi connectivity index (χ4n) is 4.98. The Morgan fingerprint density at radius 1 is 0.853 bits per heavy atom. The molecule has 2 aliphatic rings. The van der Waals surface area contributed by atoms with E-state index in [4.69, 9.17) is 9.57 Å². The number of piperidine rings is 2. The Balaban J connectivity index is 1.35. The Kier molecular flexibility index (Phi) is 9.83. The van der Waals surface area contributed by atoms with Crippen LogP contribution in [-0.4, -0.2) is 60.9 Å². The van der Waals surface area contributed by atoms with E-state index in [1.54, 1.807) is 0 Å². The molecule has 4 rings (SSSR count). The highest BCUT2D eigenvalue weighted by molar-refractivity contribution is 6.04. The summed E-state index contributed by atoms with van der Waals surface area (Å²) in [5.41, 5.74) is 3.23. The SMILES string of the molecule is CC(C(=NOCc1ccccc1)c1ccc(OCCCN2CCCCC2)cc1)N1CCCCC1. The predicted molar refractivity (Wildman–Crippen MR) is 139 cm³/mol. The molecule has 2 aromatic carbocycles. The van der Waals surface area contributed by atoms with Crippen LogP contribution in [0.25, 0.3) is 0 Å². The fourth-order valence-corrected chi connectivity index (χ4v) is 4.98. The van der Waals surface area contributed by atoms with Crippen molar-refractivity contribution in [1.29, 1.82) is 0 Å². The minimum Gasteiger partial charge on any atom is -0.494 e. The van der Waals surface area contributed by atoms with Crippen LogP contribution in [0, 0.1) is 0 Å². The van der Waals surface area contributed by atoms with Crippen molar-refractivity contribution in [2.45, 2.75) is 64.5 Å². The molecule has 0 amide bonds. The second-order valence-electron chi connectivity index (χ2n) is 9.64. The third-order valence-electron chi connectivity index (χ3n) is 7.06. The number of nitrogens with zero attached hydrogens (tertiary/aromatic N) is 3. The molecule has 184 valence electrons. The highest BCUT2D eigenvalue weighted by Crippen LogP contribution is 2.20. The molecule has 2 fully saturated rings. The maximum atomic E-state index is 6.04. The molecule has 2 saturated heterocycles. The first-order chi connectivity index (χ1) is 16.8. The molecule has 0 aromatic heterocycles. The molecule has 0 radical (unpaired) electrons. The van der Waals surface area contributed by atoms with Gasteiger partial charge in [-0.05, 0) is 95.0 Å². The van der Waals surface area contributed by atoms with Crippen molar-refractivity contribution >= 4 is 5.71 Å². The van der Waals surface area contributed by atoms with E-state index in [1.165, 1.54) is 51.6 Å². The van der Waals surface area contributed by atoms with Crippen molar-refractivity contribution in [3.05, 3.63) is 65.7 Å². The topological polar surface area (TPSA) is 37.3 Å². The summed E-state index contributed by atoms with van der Waals surface area (Å²) in [7, 11) is 0. The molecule has 0 saturated carbocycles. The summed E-state index contributed by atoms with van der Waals surface area (Å²) in [6, 6.07) is 18.9. The number of likely N-dealkylation sites (tertiary alicyclic amines) is 2. The van der Waals surface area contributed by atoms with Gasteiger partial charge in [0.15, 0.2) is 0 Å². The molecule has 5 heteroatoms. The summed E-state index contributed by atoms with van der Waals surface area (Å²) in [6.07, 6.45) is 8.99. The minimum absolute atomic E-state index is 0.215. The van der Waals surface area contributed by atoms with Crippen molar-refractivity contribution < 1.29 is 9.57 Å². The third kappa shape index (κ3) is 7.57. The summed E-state index contributed by atoms with van der Waals surface area (Å²) in [4.78, 5) is 10.9. The van der Waals surface area contributed by atoms with Crippen LogP contribution in [0.3, 0.4) is 0 Å². The summed E-state index contributed by atoms with van der Waals surface area (Å²) < 4.78 is 6.04. The normalized spacial score (nSPS) is 19.0. The summed E-state index contributed by atoms with van der Waals surface area (Å²) >= 11 is 0. The van der Waals surface area contributed by atoms with Crippen molar-refractivity contribution in [3.63, 3.8) is 0 Å². The zero-order chi connectivity index (χ0) is 23.4. The van der Waals surface area contributed by atoms with E-state index >= 15 is 0 Å². The quantitative estimate of drug-likeness (QED) is 0.242. The van der Waals surface area contributed by atoms with Crippen LogP contribution in [0.15, 0.2) is 59.8 Å². The Labute approximate surface area is 205 Å². The van der Waals surface area contributed by atoms with Gasteiger partial charge in [-0.2, -0.15) is 0 Å². The zero-order valence-corrected chi connectivity index (χ0v) is 20.8. The molecule has 2 aliphatic heterocycles. The van der Waals surface area contributed by atoms with Gasteiger partial charge >= 0.3 is 0 Å². The molecule has 0 spiro atoms.